The average Bonchev–Trinajstić information content (AvgIpc) is 3.34. The second-order valence-electron chi connectivity index (χ2n) is 11.9. The largest absolute Gasteiger partial charge is 0.491 e. The van der Waals surface area contributed by atoms with Crippen LogP contribution in [0, 0.1) is 17.8 Å². The average molecular weight is 705 g/mol. The molecular weight excluding hydrogens is 681 g/mol. The van der Waals surface area contributed by atoms with Crippen molar-refractivity contribution in [3.8, 4) is 5.75 Å². The van der Waals surface area contributed by atoms with Crippen molar-refractivity contribution >= 4 is 52.5 Å². The van der Waals surface area contributed by atoms with Gasteiger partial charge in [-0.25, -0.2) is 4.90 Å². The van der Waals surface area contributed by atoms with E-state index >= 15 is 0 Å². The van der Waals surface area contributed by atoms with E-state index in [4.69, 9.17) is 33.0 Å². The minimum absolute atomic E-state index is 0.00985. The normalized spacial score (nSPS) is 30.7. The van der Waals surface area contributed by atoms with Crippen LogP contribution in [0.15, 0.2) is 54.1 Å². The number of aliphatic hydroxyl groups excluding tert-OH is 1. The van der Waals surface area contributed by atoms with E-state index < -0.39 is 92.6 Å². The van der Waals surface area contributed by atoms with Crippen LogP contribution < -0.4 is 9.64 Å². The molecule has 3 fully saturated rings. The third-order valence-electron chi connectivity index (χ3n) is 9.42. The number of amides is 4. The van der Waals surface area contributed by atoms with Crippen LogP contribution in [-0.2, 0) is 31.5 Å². The molecule has 2 aliphatic carbocycles. The van der Waals surface area contributed by atoms with Gasteiger partial charge in [-0.15, -0.1) is 23.2 Å². The zero-order valence-electron chi connectivity index (χ0n) is 24.2. The maximum absolute atomic E-state index is 14.0. The van der Waals surface area contributed by atoms with E-state index in [9.17, 15) is 45.5 Å². The molecule has 6 unspecified atom stereocenters. The molecule has 6 atom stereocenters. The van der Waals surface area contributed by atoms with Crippen molar-refractivity contribution < 1.29 is 55.4 Å². The number of hydrogen-bond acceptors (Lipinski definition) is 6. The number of anilines is 1. The maximum Gasteiger partial charge on any atom is 0.416 e. The number of rotatable bonds is 5. The van der Waals surface area contributed by atoms with Gasteiger partial charge in [0.05, 0.1) is 35.3 Å². The SMILES string of the molecule is CN1C(=O)C2(Cl)CC3C(=CCC4C(=O)N(c5cc(C(F)(F)F)cc(C(F)(F)F)c5)C(=O)C43)C(c3ccc(OCCO)cc3)C2(Cl)C1=O. The van der Waals surface area contributed by atoms with E-state index in [2.05, 4.69) is 0 Å². The molecule has 0 aromatic heterocycles. The smallest absolute Gasteiger partial charge is 0.416 e. The number of halogens is 8. The van der Waals surface area contributed by atoms with E-state index in [1.807, 2.05) is 0 Å². The number of imide groups is 2. The van der Waals surface area contributed by atoms with Crippen molar-refractivity contribution in [3.63, 3.8) is 0 Å². The van der Waals surface area contributed by atoms with E-state index in [1.165, 1.54) is 19.2 Å². The molecule has 0 spiro atoms. The molecule has 250 valence electrons. The summed E-state index contributed by atoms with van der Waals surface area (Å²) in [5.41, 5.74) is -3.55. The second-order valence-corrected chi connectivity index (χ2v) is 13.2. The van der Waals surface area contributed by atoms with Crippen LogP contribution in [0.25, 0.3) is 0 Å². The third kappa shape index (κ3) is 4.85. The molecule has 2 aliphatic heterocycles. The number of carbonyl (C=O) groups is 4. The van der Waals surface area contributed by atoms with Gasteiger partial charge < -0.3 is 9.84 Å². The van der Waals surface area contributed by atoms with E-state index in [1.54, 1.807) is 18.2 Å². The number of aliphatic hydroxyl groups is 1. The quantitative estimate of drug-likeness (QED) is 0.197. The van der Waals surface area contributed by atoms with E-state index in [0.29, 0.717) is 33.9 Å². The minimum Gasteiger partial charge on any atom is -0.491 e. The predicted octanol–water partition coefficient (Wildman–Crippen LogP) is 5.29. The van der Waals surface area contributed by atoms with Crippen LogP contribution in [0.1, 0.15) is 35.4 Å². The lowest BCUT2D eigenvalue weighted by atomic mass is 9.56. The van der Waals surface area contributed by atoms with Crippen LogP contribution >= 0.6 is 23.2 Å². The first-order valence-corrected chi connectivity index (χ1v) is 15.0. The van der Waals surface area contributed by atoms with Crippen LogP contribution in [0.4, 0.5) is 32.0 Å². The monoisotopic (exact) mass is 704 g/mol. The van der Waals surface area contributed by atoms with Crippen LogP contribution in [0.5, 0.6) is 5.75 Å². The summed E-state index contributed by atoms with van der Waals surface area (Å²) in [5.74, 6) is -8.15. The first-order valence-electron chi connectivity index (χ1n) is 14.3. The molecule has 2 aromatic rings. The number of likely N-dealkylation sites (tertiary alicyclic amines) is 1. The fourth-order valence-corrected chi connectivity index (χ4v) is 8.38. The molecule has 8 nitrogen and oxygen atoms in total. The lowest BCUT2D eigenvalue weighted by Crippen LogP contribution is -2.60. The number of nitrogens with zero attached hydrogens (tertiary/aromatic N) is 2. The molecule has 6 rings (SSSR count). The fourth-order valence-electron chi connectivity index (χ4n) is 7.36. The van der Waals surface area contributed by atoms with Gasteiger partial charge in [0.15, 0.2) is 9.75 Å². The molecule has 1 saturated carbocycles. The summed E-state index contributed by atoms with van der Waals surface area (Å²) in [6, 6.07) is 6.67. The number of hydrogen-bond donors (Lipinski definition) is 1. The molecule has 0 radical (unpaired) electrons. The first kappa shape index (κ1) is 33.3. The number of fused-ring (bicyclic) bond motifs is 4. The fraction of sp³-hybridized carbons (Fsp3) is 0.419. The zero-order valence-corrected chi connectivity index (χ0v) is 25.7. The highest BCUT2D eigenvalue weighted by molar-refractivity contribution is 6.53. The standard InChI is InChI=1S/C31H24Cl2F6N2O6/c1-40-26(45)28(32)13-21-19(23(29(28,33)27(40)46)14-2-4-18(5-3-14)47-9-8-42)6-7-20-22(21)25(44)41(24(20)43)17-11-15(30(34,35)36)10-16(12-17)31(37,38)39/h2-6,10-12,20-23,42H,7-9,13H2,1H3. The van der Waals surface area contributed by atoms with Crippen molar-refractivity contribution in [1.82, 2.24) is 4.90 Å². The van der Waals surface area contributed by atoms with Gasteiger partial charge in [0, 0.05) is 13.0 Å². The predicted molar refractivity (Wildman–Crippen MR) is 153 cm³/mol. The molecule has 16 heteroatoms. The number of allylic oxidation sites excluding steroid dienone is 2. The maximum atomic E-state index is 14.0. The van der Waals surface area contributed by atoms with Crippen LogP contribution in [0.2, 0.25) is 0 Å². The Labute approximate surface area is 272 Å². The summed E-state index contributed by atoms with van der Waals surface area (Å²) < 4.78 is 87.3. The molecule has 1 N–H and O–H groups in total. The van der Waals surface area contributed by atoms with Gasteiger partial charge in [0.25, 0.3) is 11.8 Å². The molecule has 2 aromatic carbocycles. The molecule has 2 heterocycles. The molecule has 0 bridgehead atoms. The van der Waals surface area contributed by atoms with Gasteiger partial charge >= 0.3 is 12.4 Å². The lowest BCUT2D eigenvalue weighted by Gasteiger charge is -2.50. The molecule has 4 aliphatic rings. The summed E-state index contributed by atoms with van der Waals surface area (Å²) in [6.45, 7) is -0.268. The Morgan fingerprint density at radius 3 is 2.04 bits per heavy atom. The number of alkyl halides is 8. The van der Waals surface area contributed by atoms with Crippen molar-refractivity contribution in [2.24, 2.45) is 17.8 Å². The molecule has 2 saturated heterocycles. The van der Waals surface area contributed by atoms with Crippen molar-refractivity contribution in [2.45, 2.75) is 40.9 Å². The van der Waals surface area contributed by atoms with Gasteiger partial charge in [-0.1, -0.05) is 23.8 Å². The highest BCUT2D eigenvalue weighted by Crippen LogP contribution is 2.65. The van der Waals surface area contributed by atoms with Gasteiger partial charge in [0.1, 0.15) is 12.4 Å². The summed E-state index contributed by atoms with van der Waals surface area (Å²) in [4.78, 5) is 51.7. The van der Waals surface area contributed by atoms with Gasteiger partial charge in [-0.05, 0) is 54.7 Å². The van der Waals surface area contributed by atoms with Crippen molar-refractivity contribution in [1.29, 1.82) is 0 Å². The Hall–Kier alpha value is -3.62. The Balaban J connectivity index is 1.46. The summed E-state index contributed by atoms with van der Waals surface area (Å²) >= 11 is 14.1. The first-order chi connectivity index (χ1) is 21.9. The van der Waals surface area contributed by atoms with Gasteiger partial charge in [-0.3, -0.25) is 24.1 Å². The lowest BCUT2D eigenvalue weighted by molar-refractivity contribution is -0.143. The third-order valence-corrected chi connectivity index (χ3v) is 10.8. The Morgan fingerprint density at radius 1 is 0.894 bits per heavy atom. The van der Waals surface area contributed by atoms with Crippen molar-refractivity contribution in [3.05, 3.63) is 70.8 Å². The molecule has 4 amide bonds. The van der Waals surface area contributed by atoms with Crippen molar-refractivity contribution in [2.75, 3.05) is 25.2 Å². The van der Waals surface area contributed by atoms with Crippen LogP contribution in [-0.4, -0.2) is 63.6 Å². The second kappa shape index (κ2) is 11.0. The topological polar surface area (TPSA) is 104 Å². The van der Waals surface area contributed by atoms with Gasteiger partial charge in [-0.2, -0.15) is 26.3 Å². The van der Waals surface area contributed by atoms with E-state index in [0.717, 1.165) is 4.90 Å². The summed E-state index contributed by atoms with van der Waals surface area (Å²) in [7, 11) is 1.19. The molecule has 47 heavy (non-hydrogen) atoms. The Kier molecular flexibility index (Phi) is 7.76. The highest BCUT2D eigenvalue weighted by Gasteiger charge is 2.75. The molecular formula is C31H24Cl2F6N2O6. The Bertz CT molecular complexity index is 1700. The number of carbonyl (C=O) groups excluding carboxylic acids is 4. The van der Waals surface area contributed by atoms with E-state index in [-0.39, 0.29) is 25.7 Å². The number of ether oxygens (including phenoxy) is 1. The summed E-state index contributed by atoms with van der Waals surface area (Å²) in [6.07, 6.45) is -9.46. The minimum atomic E-state index is -5.23. The highest BCUT2D eigenvalue weighted by atomic mass is 35.5. The zero-order chi connectivity index (χ0) is 34.4. The summed E-state index contributed by atoms with van der Waals surface area (Å²) in [5, 5.41) is 9.07. The van der Waals surface area contributed by atoms with Gasteiger partial charge in [0.2, 0.25) is 11.8 Å². The van der Waals surface area contributed by atoms with Crippen LogP contribution in [0.3, 0.4) is 0 Å². The number of benzene rings is 2. The Morgan fingerprint density at radius 2 is 1.49 bits per heavy atom.